The summed E-state index contributed by atoms with van der Waals surface area (Å²) in [6, 6.07) is 3.78. The molecule has 3 N–H and O–H groups in total. The maximum Gasteiger partial charge on any atom is 0.238 e. The van der Waals surface area contributed by atoms with Gasteiger partial charge in [-0.3, -0.25) is 14.5 Å². The molecule has 0 unspecified atom stereocenters. The highest BCUT2D eigenvalue weighted by Crippen LogP contribution is 2.22. The summed E-state index contributed by atoms with van der Waals surface area (Å²) in [5.41, 5.74) is 9.58. The van der Waals surface area contributed by atoms with E-state index in [1.165, 1.54) is 5.56 Å². The van der Waals surface area contributed by atoms with Crippen molar-refractivity contribution in [2.24, 2.45) is 5.73 Å². The zero-order valence-electron chi connectivity index (χ0n) is 13.6. The molecule has 2 rings (SSSR count). The smallest absolute Gasteiger partial charge is 0.238 e. The average Bonchev–Trinajstić information content (AvgIpc) is 2.43. The van der Waals surface area contributed by atoms with Crippen LogP contribution in [0, 0.1) is 20.8 Å². The lowest BCUT2D eigenvalue weighted by Crippen LogP contribution is -2.50. The number of primary amides is 1. The van der Waals surface area contributed by atoms with Crippen molar-refractivity contribution in [2.45, 2.75) is 46.1 Å². The summed E-state index contributed by atoms with van der Waals surface area (Å²) in [4.78, 5) is 25.7. The number of hydrogen-bond acceptors (Lipinski definition) is 3. The van der Waals surface area contributed by atoms with E-state index in [0.717, 1.165) is 42.6 Å². The Morgan fingerprint density at radius 2 is 1.86 bits per heavy atom. The Morgan fingerprint density at radius 3 is 2.45 bits per heavy atom. The molecule has 5 heteroatoms. The molecule has 120 valence electrons. The van der Waals surface area contributed by atoms with Gasteiger partial charge < -0.3 is 11.1 Å². The maximum atomic E-state index is 12.3. The van der Waals surface area contributed by atoms with Gasteiger partial charge in [0.2, 0.25) is 11.8 Å². The molecule has 2 amide bonds. The quantitative estimate of drug-likeness (QED) is 0.892. The van der Waals surface area contributed by atoms with Gasteiger partial charge in [0.1, 0.15) is 0 Å². The molecule has 22 heavy (non-hydrogen) atoms. The number of piperidine rings is 1. The number of nitrogens with one attached hydrogen (secondary N) is 1. The van der Waals surface area contributed by atoms with Gasteiger partial charge in [0.15, 0.2) is 0 Å². The lowest BCUT2D eigenvalue weighted by atomic mass is 10.0. The van der Waals surface area contributed by atoms with E-state index in [-0.39, 0.29) is 24.4 Å². The minimum atomic E-state index is -0.338. The lowest BCUT2D eigenvalue weighted by molar-refractivity contribution is -0.126. The van der Waals surface area contributed by atoms with Crippen LogP contribution >= 0.6 is 0 Å². The first-order valence-electron chi connectivity index (χ1n) is 7.79. The Hall–Kier alpha value is -1.88. The maximum absolute atomic E-state index is 12.3. The van der Waals surface area contributed by atoms with E-state index in [4.69, 9.17) is 5.73 Å². The first-order chi connectivity index (χ1) is 10.4. The zero-order valence-corrected chi connectivity index (χ0v) is 13.6. The van der Waals surface area contributed by atoms with Crippen LogP contribution in [0.3, 0.4) is 0 Å². The molecule has 0 radical (unpaired) electrons. The number of hydrogen-bond donors (Lipinski definition) is 2. The van der Waals surface area contributed by atoms with E-state index in [1.807, 2.05) is 25.7 Å². The van der Waals surface area contributed by atoms with E-state index < -0.39 is 0 Å². The number of benzene rings is 1. The number of likely N-dealkylation sites (tertiary alicyclic amines) is 1. The highest BCUT2D eigenvalue weighted by molar-refractivity contribution is 5.94. The molecule has 1 aliphatic rings. The fourth-order valence-electron chi connectivity index (χ4n) is 3.24. The number of nitrogens with zero attached hydrogens (tertiary/aromatic N) is 1. The third-order valence-electron chi connectivity index (χ3n) is 4.23. The molecule has 0 spiro atoms. The Kier molecular flexibility index (Phi) is 5.19. The number of rotatable bonds is 4. The van der Waals surface area contributed by atoms with E-state index in [1.54, 1.807) is 0 Å². The predicted molar refractivity (Wildman–Crippen MR) is 87.7 cm³/mol. The van der Waals surface area contributed by atoms with Crippen LogP contribution in [-0.2, 0) is 9.59 Å². The second-order valence-electron chi connectivity index (χ2n) is 6.21. The fraction of sp³-hybridized carbons (Fsp3) is 0.529. The standard InChI is InChI=1S/C17H25N3O2/c1-11-8-12(2)16(13(3)9-11)19-15(21)10-20-7-5-4-6-14(20)17(18)22/h8-9,14H,4-7,10H2,1-3H3,(H2,18,22)(H,19,21)/t14-/m0/s1. The van der Waals surface area contributed by atoms with Crippen molar-refractivity contribution in [1.29, 1.82) is 0 Å². The van der Waals surface area contributed by atoms with Crippen molar-refractivity contribution < 1.29 is 9.59 Å². The number of aryl methyl sites for hydroxylation is 3. The van der Waals surface area contributed by atoms with Crippen molar-refractivity contribution in [3.8, 4) is 0 Å². The molecule has 0 aliphatic carbocycles. The van der Waals surface area contributed by atoms with Gasteiger partial charge in [-0.2, -0.15) is 0 Å². The van der Waals surface area contributed by atoms with Gasteiger partial charge in [0.05, 0.1) is 12.6 Å². The van der Waals surface area contributed by atoms with Crippen LogP contribution in [0.25, 0.3) is 0 Å². The normalized spacial score (nSPS) is 19.0. The Balaban J connectivity index is 2.05. The monoisotopic (exact) mass is 303 g/mol. The summed E-state index contributed by atoms with van der Waals surface area (Å²) in [7, 11) is 0. The van der Waals surface area contributed by atoms with Gasteiger partial charge in [-0.15, -0.1) is 0 Å². The first kappa shape index (κ1) is 16.5. The van der Waals surface area contributed by atoms with Crippen LogP contribution in [0.2, 0.25) is 0 Å². The van der Waals surface area contributed by atoms with E-state index >= 15 is 0 Å². The summed E-state index contributed by atoms with van der Waals surface area (Å²) < 4.78 is 0. The SMILES string of the molecule is Cc1cc(C)c(NC(=O)CN2CCCC[C@H]2C(N)=O)c(C)c1. The number of carbonyl (C=O) groups is 2. The van der Waals surface area contributed by atoms with E-state index in [2.05, 4.69) is 17.4 Å². The number of carbonyl (C=O) groups excluding carboxylic acids is 2. The van der Waals surface area contributed by atoms with Crippen molar-refractivity contribution in [3.63, 3.8) is 0 Å². The highest BCUT2D eigenvalue weighted by atomic mass is 16.2. The van der Waals surface area contributed by atoms with Crippen LogP contribution in [0.4, 0.5) is 5.69 Å². The Bertz CT molecular complexity index is 560. The third kappa shape index (κ3) is 3.85. The molecule has 1 fully saturated rings. The molecular weight excluding hydrogens is 278 g/mol. The molecule has 1 atom stereocenters. The van der Waals surface area contributed by atoms with Crippen LogP contribution in [0.5, 0.6) is 0 Å². The van der Waals surface area contributed by atoms with Gasteiger partial charge in [0.25, 0.3) is 0 Å². The number of anilines is 1. The van der Waals surface area contributed by atoms with Crippen molar-refractivity contribution >= 4 is 17.5 Å². The molecule has 1 heterocycles. The zero-order chi connectivity index (χ0) is 16.3. The van der Waals surface area contributed by atoms with Gasteiger partial charge in [-0.25, -0.2) is 0 Å². The van der Waals surface area contributed by atoms with Crippen LogP contribution < -0.4 is 11.1 Å². The van der Waals surface area contributed by atoms with Gasteiger partial charge in [0, 0.05) is 5.69 Å². The second kappa shape index (κ2) is 6.92. The van der Waals surface area contributed by atoms with Gasteiger partial charge >= 0.3 is 0 Å². The third-order valence-corrected chi connectivity index (χ3v) is 4.23. The summed E-state index contributed by atoms with van der Waals surface area (Å²) in [5.74, 6) is -0.432. The van der Waals surface area contributed by atoms with Crippen molar-refractivity contribution in [1.82, 2.24) is 4.90 Å². The average molecular weight is 303 g/mol. The lowest BCUT2D eigenvalue weighted by Gasteiger charge is -2.33. The van der Waals surface area contributed by atoms with Gasteiger partial charge in [-0.05, 0) is 51.3 Å². The van der Waals surface area contributed by atoms with E-state index in [9.17, 15) is 9.59 Å². The predicted octanol–water partition coefficient (Wildman–Crippen LogP) is 1.89. The molecule has 5 nitrogen and oxygen atoms in total. The summed E-state index contributed by atoms with van der Waals surface area (Å²) in [6.45, 7) is 6.97. The highest BCUT2D eigenvalue weighted by Gasteiger charge is 2.28. The number of amides is 2. The topological polar surface area (TPSA) is 75.4 Å². The molecule has 1 aliphatic heterocycles. The first-order valence-corrected chi connectivity index (χ1v) is 7.79. The summed E-state index contributed by atoms with van der Waals surface area (Å²) >= 11 is 0. The molecule has 1 saturated heterocycles. The summed E-state index contributed by atoms with van der Waals surface area (Å²) in [6.07, 6.45) is 2.73. The molecule has 0 saturated carbocycles. The second-order valence-corrected chi connectivity index (χ2v) is 6.21. The van der Waals surface area contributed by atoms with Crippen LogP contribution in [-0.4, -0.2) is 35.8 Å². The largest absolute Gasteiger partial charge is 0.368 e. The Labute approximate surface area is 131 Å². The molecule has 0 aromatic heterocycles. The van der Waals surface area contributed by atoms with Gasteiger partial charge in [-0.1, -0.05) is 24.1 Å². The minimum absolute atomic E-state index is 0.0943. The molecule has 1 aromatic rings. The van der Waals surface area contributed by atoms with Crippen LogP contribution in [0.1, 0.15) is 36.0 Å². The van der Waals surface area contributed by atoms with Crippen molar-refractivity contribution in [3.05, 3.63) is 28.8 Å². The Morgan fingerprint density at radius 1 is 1.23 bits per heavy atom. The molecular formula is C17H25N3O2. The molecule has 1 aromatic carbocycles. The fourth-order valence-corrected chi connectivity index (χ4v) is 3.24. The van der Waals surface area contributed by atoms with Crippen molar-refractivity contribution in [2.75, 3.05) is 18.4 Å². The number of nitrogens with two attached hydrogens (primary N) is 1. The van der Waals surface area contributed by atoms with Crippen LogP contribution in [0.15, 0.2) is 12.1 Å². The molecule has 0 bridgehead atoms. The minimum Gasteiger partial charge on any atom is -0.368 e. The summed E-state index contributed by atoms with van der Waals surface area (Å²) in [5, 5.41) is 2.98. The van der Waals surface area contributed by atoms with E-state index in [0.29, 0.717) is 0 Å².